The highest BCUT2D eigenvalue weighted by molar-refractivity contribution is 7.90. The SMILES string of the molecule is NC(=O)Nc1cccc(C(=O)N2CCC[C@H](S(=O)(=O)NC3CCCC3)C2)c1. The molecule has 1 saturated heterocycles. The Hall–Kier alpha value is -2.13. The van der Waals surface area contributed by atoms with Gasteiger partial charge in [-0.2, -0.15) is 0 Å². The van der Waals surface area contributed by atoms with Gasteiger partial charge in [0.1, 0.15) is 0 Å². The molecule has 0 aromatic heterocycles. The Morgan fingerprint density at radius 1 is 1.11 bits per heavy atom. The fourth-order valence-electron chi connectivity index (χ4n) is 3.80. The zero-order chi connectivity index (χ0) is 19.4. The van der Waals surface area contributed by atoms with Gasteiger partial charge in [-0.05, 0) is 43.9 Å². The number of piperidine rings is 1. The molecule has 1 aliphatic carbocycles. The number of likely N-dealkylation sites (tertiary alicyclic amines) is 1. The third-order valence-electron chi connectivity index (χ3n) is 5.17. The van der Waals surface area contributed by atoms with Crippen LogP contribution < -0.4 is 15.8 Å². The van der Waals surface area contributed by atoms with Gasteiger partial charge in [0.15, 0.2) is 0 Å². The molecule has 0 unspecified atom stereocenters. The molecular formula is C18H26N4O4S. The van der Waals surface area contributed by atoms with Crippen molar-refractivity contribution >= 4 is 27.6 Å². The number of nitrogens with zero attached hydrogens (tertiary/aromatic N) is 1. The summed E-state index contributed by atoms with van der Waals surface area (Å²) >= 11 is 0. The number of sulfonamides is 1. The van der Waals surface area contributed by atoms with Crippen molar-refractivity contribution in [1.29, 1.82) is 0 Å². The quantitative estimate of drug-likeness (QED) is 0.703. The second-order valence-electron chi connectivity index (χ2n) is 7.23. The molecule has 8 nitrogen and oxygen atoms in total. The Morgan fingerprint density at radius 3 is 2.56 bits per heavy atom. The Kier molecular flexibility index (Phi) is 6.01. The number of nitrogens with two attached hydrogens (primary N) is 1. The number of hydrogen-bond acceptors (Lipinski definition) is 4. The van der Waals surface area contributed by atoms with E-state index in [1.807, 2.05) is 0 Å². The summed E-state index contributed by atoms with van der Waals surface area (Å²) in [7, 11) is -3.46. The summed E-state index contributed by atoms with van der Waals surface area (Å²) in [6.07, 6.45) is 5.06. The molecule has 1 saturated carbocycles. The van der Waals surface area contributed by atoms with Crippen molar-refractivity contribution in [2.45, 2.75) is 49.8 Å². The molecule has 9 heteroatoms. The Balaban J connectivity index is 1.68. The van der Waals surface area contributed by atoms with Crippen LogP contribution in [0.15, 0.2) is 24.3 Å². The molecule has 2 aliphatic rings. The van der Waals surface area contributed by atoms with Crippen molar-refractivity contribution in [1.82, 2.24) is 9.62 Å². The molecule has 148 valence electrons. The lowest BCUT2D eigenvalue weighted by molar-refractivity contribution is 0.0726. The number of benzene rings is 1. The minimum atomic E-state index is -3.46. The van der Waals surface area contributed by atoms with Gasteiger partial charge in [-0.25, -0.2) is 17.9 Å². The average Bonchev–Trinajstić information content (AvgIpc) is 3.13. The predicted octanol–water partition coefficient (Wildman–Crippen LogP) is 1.64. The lowest BCUT2D eigenvalue weighted by Crippen LogP contribution is -2.49. The number of anilines is 1. The number of hydrogen-bond donors (Lipinski definition) is 3. The van der Waals surface area contributed by atoms with E-state index in [0.717, 1.165) is 25.7 Å². The van der Waals surface area contributed by atoms with E-state index in [4.69, 9.17) is 5.73 Å². The Bertz CT molecular complexity index is 805. The van der Waals surface area contributed by atoms with Crippen LogP contribution in [0, 0.1) is 0 Å². The van der Waals surface area contributed by atoms with E-state index in [9.17, 15) is 18.0 Å². The maximum Gasteiger partial charge on any atom is 0.316 e. The predicted molar refractivity (Wildman–Crippen MR) is 103 cm³/mol. The molecule has 1 aromatic carbocycles. The van der Waals surface area contributed by atoms with Gasteiger partial charge in [0.05, 0.1) is 5.25 Å². The summed E-state index contributed by atoms with van der Waals surface area (Å²) in [4.78, 5) is 25.4. The maximum absolute atomic E-state index is 12.8. The smallest absolute Gasteiger partial charge is 0.316 e. The first-order chi connectivity index (χ1) is 12.8. The van der Waals surface area contributed by atoms with Gasteiger partial charge in [0.2, 0.25) is 10.0 Å². The van der Waals surface area contributed by atoms with Crippen LogP contribution in [0.3, 0.4) is 0 Å². The number of amides is 3. The largest absolute Gasteiger partial charge is 0.351 e. The molecule has 0 radical (unpaired) electrons. The molecule has 27 heavy (non-hydrogen) atoms. The van der Waals surface area contributed by atoms with Crippen molar-refractivity contribution in [2.75, 3.05) is 18.4 Å². The second kappa shape index (κ2) is 8.26. The first-order valence-electron chi connectivity index (χ1n) is 9.32. The van der Waals surface area contributed by atoms with Crippen LogP contribution >= 0.6 is 0 Å². The molecule has 1 atom stereocenters. The topological polar surface area (TPSA) is 122 Å². The Morgan fingerprint density at radius 2 is 1.85 bits per heavy atom. The first-order valence-corrected chi connectivity index (χ1v) is 10.9. The van der Waals surface area contributed by atoms with E-state index < -0.39 is 21.3 Å². The highest BCUT2D eigenvalue weighted by Crippen LogP contribution is 2.23. The third kappa shape index (κ3) is 4.98. The monoisotopic (exact) mass is 394 g/mol. The summed E-state index contributed by atoms with van der Waals surface area (Å²) in [6, 6.07) is 5.79. The molecule has 2 fully saturated rings. The van der Waals surface area contributed by atoms with Gasteiger partial charge in [-0.3, -0.25) is 4.79 Å². The van der Waals surface area contributed by atoms with Crippen molar-refractivity contribution in [3.63, 3.8) is 0 Å². The summed E-state index contributed by atoms with van der Waals surface area (Å²) in [6.45, 7) is 0.691. The van der Waals surface area contributed by atoms with Crippen LogP contribution in [0.1, 0.15) is 48.9 Å². The number of primary amides is 1. The lowest BCUT2D eigenvalue weighted by Gasteiger charge is -2.33. The van der Waals surface area contributed by atoms with Crippen LogP contribution in [0.5, 0.6) is 0 Å². The summed E-state index contributed by atoms with van der Waals surface area (Å²) in [5.41, 5.74) is 5.93. The van der Waals surface area contributed by atoms with Crippen molar-refractivity contribution in [3.8, 4) is 0 Å². The lowest BCUT2D eigenvalue weighted by atomic mass is 10.1. The highest BCUT2D eigenvalue weighted by atomic mass is 32.2. The molecule has 3 rings (SSSR count). The van der Waals surface area contributed by atoms with Gasteiger partial charge >= 0.3 is 6.03 Å². The van der Waals surface area contributed by atoms with Crippen molar-refractivity contribution in [3.05, 3.63) is 29.8 Å². The number of carbonyl (C=O) groups excluding carboxylic acids is 2. The average molecular weight is 394 g/mol. The highest BCUT2D eigenvalue weighted by Gasteiger charge is 2.34. The van der Waals surface area contributed by atoms with Gasteiger partial charge in [0.25, 0.3) is 5.91 Å². The fraction of sp³-hybridized carbons (Fsp3) is 0.556. The summed E-state index contributed by atoms with van der Waals surface area (Å²) < 4.78 is 28.3. The van der Waals surface area contributed by atoms with Gasteiger partial charge in [-0.15, -0.1) is 0 Å². The molecule has 1 heterocycles. The zero-order valence-corrected chi connectivity index (χ0v) is 16.0. The number of carbonyl (C=O) groups is 2. The minimum Gasteiger partial charge on any atom is -0.351 e. The van der Waals surface area contributed by atoms with Crippen molar-refractivity contribution in [2.24, 2.45) is 5.73 Å². The van der Waals surface area contributed by atoms with Crippen LogP contribution in [0.25, 0.3) is 0 Å². The maximum atomic E-state index is 12.8. The van der Waals surface area contributed by atoms with Gasteiger partial charge in [-0.1, -0.05) is 18.9 Å². The van der Waals surface area contributed by atoms with Crippen LogP contribution in [-0.2, 0) is 10.0 Å². The van der Waals surface area contributed by atoms with E-state index in [1.54, 1.807) is 29.2 Å². The first kappa shape index (κ1) is 19.6. The van der Waals surface area contributed by atoms with E-state index in [2.05, 4.69) is 10.0 Å². The molecule has 1 aliphatic heterocycles. The van der Waals surface area contributed by atoms with Crippen LogP contribution in [0.2, 0.25) is 0 Å². The van der Waals surface area contributed by atoms with Gasteiger partial charge < -0.3 is 16.0 Å². The molecule has 3 amide bonds. The van der Waals surface area contributed by atoms with Crippen LogP contribution in [0.4, 0.5) is 10.5 Å². The van der Waals surface area contributed by atoms with E-state index in [0.29, 0.717) is 30.6 Å². The fourth-order valence-corrected chi connectivity index (χ4v) is 5.55. The Labute approximate surface area is 159 Å². The number of rotatable bonds is 5. The summed E-state index contributed by atoms with van der Waals surface area (Å²) in [5, 5.41) is 1.84. The van der Waals surface area contributed by atoms with Crippen LogP contribution in [-0.4, -0.2) is 49.6 Å². The van der Waals surface area contributed by atoms with E-state index >= 15 is 0 Å². The normalized spacial score (nSPS) is 21.2. The molecule has 0 bridgehead atoms. The third-order valence-corrected chi connectivity index (χ3v) is 7.09. The second-order valence-corrected chi connectivity index (χ2v) is 9.22. The molecule has 4 N–H and O–H groups in total. The zero-order valence-electron chi connectivity index (χ0n) is 15.2. The molecule has 1 aromatic rings. The van der Waals surface area contributed by atoms with Gasteiger partial charge in [0, 0.05) is 30.4 Å². The number of urea groups is 1. The molecule has 0 spiro atoms. The number of nitrogens with one attached hydrogen (secondary N) is 2. The molecular weight excluding hydrogens is 368 g/mol. The minimum absolute atomic E-state index is 0.0256. The van der Waals surface area contributed by atoms with Crippen molar-refractivity contribution < 1.29 is 18.0 Å². The van der Waals surface area contributed by atoms with E-state index in [1.165, 1.54) is 0 Å². The summed E-state index contributed by atoms with van der Waals surface area (Å²) in [5.74, 6) is -0.246. The standard InChI is InChI=1S/C18H26N4O4S/c19-18(24)20-15-8-3-5-13(11-15)17(23)22-10-4-9-16(12-22)27(25,26)21-14-6-1-2-7-14/h3,5,8,11,14,16,21H,1-2,4,6-7,9-10,12H2,(H3,19,20,24)/t16-/m0/s1. The van der Waals surface area contributed by atoms with E-state index in [-0.39, 0.29) is 18.5 Å².